The molecule has 0 saturated carbocycles. The Labute approximate surface area is 176 Å². The maximum atomic E-state index is 12.5. The first-order chi connectivity index (χ1) is 14.7. The highest BCUT2D eigenvalue weighted by Gasteiger charge is 2.30. The fourth-order valence-corrected chi connectivity index (χ4v) is 3.83. The first kappa shape index (κ1) is 20.1. The summed E-state index contributed by atoms with van der Waals surface area (Å²) in [4.78, 5) is 18.8. The molecule has 1 unspecified atom stereocenters. The zero-order chi connectivity index (χ0) is 20.8. The number of methoxy groups -OCH3 is 1. The van der Waals surface area contributed by atoms with Crippen LogP contribution >= 0.6 is 0 Å². The van der Waals surface area contributed by atoms with Gasteiger partial charge < -0.3 is 15.0 Å². The molecule has 7 nitrogen and oxygen atoms in total. The summed E-state index contributed by atoms with van der Waals surface area (Å²) in [6.07, 6.45) is 8.09. The molecule has 1 saturated heterocycles. The summed E-state index contributed by atoms with van der Waals surface area (Å²) in [5.41, 5.74) is 2.99. The zero-order valence-electron chi connectivity index (χ0n) is 17.2. The largest absolute Gasteiger partial charge is 0.497 e. The van der Waals surface area contributed by atoms with Gasteiger partial charge in [-0.05, 0) is 43.7 Å². The Hall–Kier alpha value is -3.19. The number of pyridine rings is 1. The molecule has 0 bridgehead atoms. The van der Waals surface area contributed by atoms with E-state index in [1.54, 1.807) is 13.3 Å². The Morgan fingerprint density at radius 1 is 1.23 bits per heavy atom. The quantitative estimate of drug-likeness (QED) is 0.554. The number of carbonyl (C=O) groups excluding carboxylic acids is 1. The highest BCUT2D eigenvalue weighted by atomic mass is 16.5. The minimum absolute atomic E-state index is 0.221. The molecule has 156 valence electrons. The summed E-state index contributed by atoms with van der Waals surface area (Å²) >= 11 is 0. The van der Waals surface area contributed by atoms with E-state index in [2.05, 4.69) is 15.4 Å². The molecule has 3 aromatic rings. The summed E-state index contributed by atoms with van der Waals surface area (Å²) in [6.45, 7) is 2.19. The highest BCUT2D eigenvalue weighted by Crippen LogP contribution is 2.24. The van der Waals surface area contributed by atoms with E-state index in [0.29, 0.717) is 13.0 Å². The number of ether oxygens (including phenoxy) is 1. The number of nitrogens with zero attached hydrogens (tertiary/aromatic N) is 4. The number of carbonyl (C=O) groups is 1. The fraction of sp³-hybridized carbons (Fsp3) is 0.348. The summed E-state index contributed by atoms with van der Waals surface area (Å²) in [6, 6.07) is 13.9. The van der Waals surface area contributed by atoms with Crippen molar-refractivity contribution in [1.82, 2.24) is 25.0 Å². The summed E-state index contributed by atoms with van der Waals surface area (Å²) < 4.78 is 7.11. The maximum absolute atomic E-state index is 12.5. The molecule has 1 N–H and O–H groups in total. The lowest BCUT2D eigenvalue weighted by atomic mass is 10.1. The standard InChI is InChI=1S/C23H27N5O2/c1-30-22-7-4-6-21(13-22)28-17-18(14-26-28)16-27-20(8-9-23(27)29)10-12-24-15-19-5-2-3-11-25-19/h2-7,11,13-14,17,20,24H,8-10,12,15-16H2,1H3. The number of aromatic nitrogens is 3. The molecule has 4 rings (SSSR count). The summed E-state index contributed by atoms with van der Waals surface area (Å²) in [7, 11) is 1.65. The van der Waals surface area contributed by atoms with E-state index in [0.717, 1.165) is 48.6 Å². The van der Waals surface area contributed by atoms with E-state index in [1.807, 2.05) is 64.4 Å². The van der Waals surface area contributed by atoms with Crippen LogP contribution in [-0.2, 0) is 17.9 Å². The van der Waals surface area contributed by atoms with Crippen molar-refractivity contribution >= 4 is 5.91 Å². The fourth-order valence-electron chi connectivity index (χ4n) is 3.83. The molecule has 3 heterocycles. The van der Waals surface area contributed by atoms with E-state index >= 15 is 0 Å². The van der Waals surface area contributed by atoms with Crippen LogP contribution in [0.4, 0.5) is 0 Å². The van der Waals surface area contributed by atoms with Crippen molar-refractivity contribution in [1.29, 1.82) is 0 Å². The Morgan fingerprint density at radius 3 is 3.00 bits per heavy atom. The normalized spacial score (nSPS) is 16.2. The molecule has 1 aliphatic rings. The number of nitrogens with one attached hydrogen (secondary N) is 1. The third-order valence-corrected chi connectivity index (χ3v) is 5.45. The lowest BCUT2D eigenvalue weighted by Gasteiger charge is -2.24. The van der Waals surface area contributed by atoms with Gasteiger partial charge in [0, 0.05) is 49.6 Å². The van der Waals surface area contributed by atoms with Gasteiger partial charge in [-0.2, -0.15) is 5.10 Å². The summed E-state index contributed by atoms with van der Waals surface area (Å²) in [5.74, 6) is 1.01. The van der Waals surface area contributed by atoms with E-state index in [9.17, 15) is 4.79 Å². The smallest absolute Gasteiger partial charge is 0.223 e. The Balaban J connectivity index is 1.33. The third-order valence-electron chi connectivity index (χ3n) is 5.45. The lowest BCUT2D eigenvalue weighted by Crippen LogP contribution is -2.34. The van der Waals surface area contributed by atoms with Gasteiger partial charge >= 0.3 is 0 Å². The van der Waals surface area contributed by atoms with E-state index in [4.69, 9.17) is 4.74 Å². The van der Waals surface area contributed by atoms with Crippen molar-refractivity contribution in [3.05, 3.63) is 72.3 Å². The number of likely N-dealkylation sites (tertiary alicyclic amines) is 1. The number of rotatable bonds is 9. The summed E-state index contributed by atoms with van der Waals surface area (Å²) in [5, 5.41) is 7.90. The van der Waals surface area contributed by atoms with Gasteiger partial charge in [-0.25, -0.2) is 4.68 Å². The second-order valence-electron chi connectivity index (χ2n) is 7.50. The molecule has 1 aliphatic heterocycles. The van der Waals surface area contributed by atoms with Crippen LogP contribution in [0.3, 0.4) is 0 Å². The van der Waals surface area contributed by atoms with E-state index < -0.39 is 0 Å². The number of benzene rings is 1. The topological polar surface area (TPSA) is 72.3 Å². The van der Waals surface area contributed by atoms with Gasteiger partial charge in [0.25, 0.3) is 0 Å². The maximum Gasteiger partial charge on any atom is 0.223 e. The molecule has 0 radical (unpaired) electrons. The SMILES string of the molecule is COc1cccc(-n2cc(CN3C(=O)CCC3CCNCc3ccccn3)cn2)c1. The van der Waals surface area contributed by atoms with Crippen LogP contribution in [0, 0.1) is 0 Å². The average Bonchev–Trinajstić information content (AvgIpc) is 3.40. The molecule has 1 amide bonds. The van der Waals surface area contributed by atoms with E-state index in [1.165, 1.54) is 0 Å². The van der Waals surface area contributed by atoms with Crippen molar-refractivity contribution in [3.63, 3.8) is 0 Å². The minimum Gasteiger partial charge on any atom is -0.497 e. The minimum atomic E-state index is 0.221. The van der Waals surface area contributed by atoms with Crippen molar-refractivity contribution in [2.45, 2.75) is 38.4 Å². The van der Waals surface area contributed by atoms with Crippen LogP contribution in [0.5, 0.6) is 5.75 Å². The molecule has 1 aromatic carbocycles. The molecule has 2 aromatic heterocycles. The van der Waals surface area contributed by atoms with Gasteiger partial charge in [-0.15, -0.1) is 0 Å². The monoisotopic (exact) mass is 405 g/mol. The first-order valence-electron chi connectivity index (χ1n) is 10.3. The molecular formula is C23H27N5O2. The van der Waals surface area contributed by atoms with Crippen LogP contribution in [0.2, 0.25) is 0 Å². The second kappa shape index (κ2) is 9.54. The average molecular weight is 406 g/mol. The highest BCUT2D eigenvalue weighted by molar-refractivity contribution is 5.78. The second-order valence-corrected chi connectivity index (χ2v) is 7.50. The predicted octanol–water partition coefficient (Wildman–Crippen LogP) is 2.95. The Morgan fingerprint density at radius 2 is 2.17 bits per heavy atom. The Kier molecular flexibility index (Phi) is 6.39. The zero-order valence-corrected chi connectivity index (χ0v) is 17.2. The van der Waals surface area contributed by atoms with Crippen LogP contribution in [0.25, 0.3) is 5.69 Å². The van der Waals surface area contributed by atoms with E-state index in [-0.39, 0.29) is 11.9 Å². The number of amides is 1. The molecule has 1 atom stereocenters. The van der Waals surface area contributed by atoms with Gasteiger partial charge in [0.1, 0.15) is 5.75 Å². The predicted molar refractivity (Wildman–Crippen MR) is 114 cm³/mol. The molecule has 30 heavy (non-hydrogen) atoms. The first-order valence-corrected chi connectivity index (χ1v) is 10.3. The van der Waals surface area contributed by atoms with Crippen LogP contribution in [0.1, 0.15) is 30.5 Å². The van der Waals surface area contributed by atoms with Crippen molar-refractivity contribution in [2.24, 2.45) is 0 Å². The van der Waals surface area contributed by atoms with Gasteiger partial charge in [-0.1, -0.05) is 12.1 Å². The lowest BCUT2D eigenvalue weighted by molar-refractivity contribution is -0.129. The number of hydrogen-bond acceptors (Lipinski definition) is 5. The van der Waals surface area contributed by atoms with Gasteiger partial charge in [0.15, 0.2) is 0 Å². The van der Waals surface area contributed by atoms with Crippen LogP contribution in [-0.4, -0.2) is 45.3 Å². The molecule has 0 spiro atoms. The molecular weight excluding hydrogens is 378 g/mol. The van der Waals surface area contributed by atoms with Gasteiger partial charge in [0.05, 0.1) is 24.7 Å². The van der Waals surface area contributed by atoms with Gasteiger partial charge in [0.2, 0.25) is 5.91 Å². The molecule has 1 fully saturated rings. The molecule has 0 aliphatic carbocycles. The molecule has 7 heteroatoms. The third kappa shape index (κ3) is 4.86. The number of hydrogen-bond donors (Lipinski definition) is 1. The van der Waals surface area contributed by atoms with Crippen molar-refractivity contribution in [3.8, 4) is 11.4 Å². The van der Waals surface area contributed by atoms with Crippen molar-refractivity contribution < 1.29 is 9.53 Å². The van der Waals surface area contributed by atoms with Crippen LogP contribution < -0.4 is 10.1 Å². The van der Waals surface area contributed by atoms with Crippen LogP contribution in [0.15, 0.2) is 61.1 Å². The van der Waals surface area contributed by atoms with Crippen molar-refractivity contribution in [2.75, 3.05) is 13.7 Å². The van der Waals surface area contributed by atoms with Gasteiger partial charge in [-0.3, -0.25) is 9.78 Å². The Bertz CT molecular complexity index is 972.